The monoisotopic (exact) mass is 396 g/mol. The molecular weight excluding hydrogens is 383 g/mol. The number of halogens is 2. The summed E-state index contributed by atoms with van der Waals surface area (Å²) in [6.07, 6.45) is 3.51. The molecule has 3 heterocycles. The van der Waals surface area contributed by atoms with Gasteiger partial charge in [-0.05, 0) is 42.5 Å². The molecule has 4 atom stereocenters. The van der Waals surface area contributed by atoms with Crippen molar-refractivity contribution in [3.05, 3.63) is 70.5 Å². The number of ketones is 1. The van der Waals surface area contributed by atoms with E-state index in [9.17, 15) is 18.8 Å². The molecule has 5 nitrogen and oxygen atoms in total. The minimum absolute atomic E-state index is 0.274. The Bertz CT molecular complexity index is 1070. The summed E-state index contributed by atoms with van der Waals surface area (Å²) in [7, 11) is 0. The smallest absolute Gasteiger partial charge is 0.233 e. The highest BCUT2D eigenvalue weighted by Crippen LogP contribution is 2.47. The molecule has 5 rings (SSSR count). The Hall–Kier alpha value is -2.99. The number of nitrogens with zero attached hydrogens (tertiary/aromatic N) is 1. The summed E-state index contributed by atoms with van der Waals surface area (Å²) in [6.45, 7) is 0. The van der Waals surface area contributed by atoms with Gasteiger partial charge in [-0.3, -0.25) is 19.7 Å². The zero-order valence-corrected chi connectivity index (χ0v) is 15.2. The number of fused-ring (bicyclic) bond motifs is 5. The van der Waals surface area contributed by atoms with E-state index in [0.29, 0.717) is 21.8 Å². The average Bonchev–Trinajstić information content (AvgIpc) is 3.17. The van der Waals surface area contributed by atoms with Crippen LogP contribution in [-0.2, 0) is 9.59 Å². The van der Waals surface area contributed by atoms with Crippen LogP contribution < -0.4 is 10.2 Å². The van der Waals surface area contributed by atoms with Crippen molar-refractivity contribution in [3.8, 4) is 0 Å². The fraction of sp³-hybridized carbons (Fsp3) is 0.190. The van der Waals surface area contributed by atoms with Crippen LogP contribution in [0.1, 0.15) is 15.9 Å². The van der Waals surface area contributed by atoms with Gasteiger partial charge in [0.25, 0.3) is 0 Å². The first-order valence-electron chi connectivity index (χ1n) is 8.86. The van der Waals surface area contributed by atoms with Gasteiger partial charge >= 0.3 is 0 Å². The van der Waals surface area contributed by atoms with E-state index in [2.05, 4.69) is 5.32 Å². The summed E-state index contributed by atoms with van der Waals surface area (Å²) in [4.78, 5) is 40.2. The minimum Gasteiger partial charge on any atom is -0.352 e. The molecule has 0 aromatic heterocycles. The van der Waals surface area contributed by atoms with E-state index >= 15 is 0 Å². The van der Waals surface area contributed by atoms with Crippen LogP contribution in [0, 0.1) is 17.7 Å². The second kappa shape index (κ2) is 6.01. The van der Waals surface area contributed by atoms with Crippen molar-refractivity contribution in [1.29, 1.82) is 0 Å². The van der Waals surface area contributed by atoms with Gasteiger partial charge in [-0.1, -0.05) is 23.8 Å². The Morgan fingerprint density at radius 1 is 1.04 bits per heavy atom. The molecule has 28 heavy (non-hydrogen) atoms. The van der Waals surface area contributed by atoms with Crippen molar-refractivity contribution in [2.75, 3.05) is 4.90 Å². The maximum Gasteiger partial charge on any atom is 0.233 e. The quantitative estimate of drug-likeness (QED) is 0.626. The van der Waals surface area contributed by atoms with Crippen LogP contribution >= 0.6 is 11.6 Å². The van der Waals surface area contributed by atoms with Crippen molar-refractivity contribution < 1.29 is 18.8 Å². The highest BCUT2D eigenvalue weighted by molar-refractivity contribution is 6.30. The lowest BCUT2D eigenvalue weighted by Gasteiger charge is -2.35. The van der Waals surface area contributed by atoms with Gasteiger partial charge in [0.15, 0.2) is 5.78 Å². The maximum absolute atomic E-state index is 13.7. The van der Waals surface area contributed by atoms with E-state index in [4.69, 9.17) is 11.6 Å². The summed E-state index contributed by atoms with van der Waals surface area (Å²) in [5, 5.41) is 2.85. The Kier molecular flexibility index (Phi) is 3.67. The van der Waals surface area contributed by atoms with E-state index in [1.165, 1.54) is 12.1 Å². The average molecular weight is 397 g/mol. The van der Waals surface area contributed by atoms with Crippen molar-refractivity contribution in [2.24, 2.45) is 11.8 Å². The van der Waals surface area contributed by atoms with E-state index in [0.717, 1.165) is 0 Å². The SMILES string of the molecule is O=C1NC(=O)[C@@H]2[C@@H]1[C@H]1C=Cc3cc(F)ccc3N1[C@H]2C(=O)c1ccc(Cl)cc1. The number of imide groups is 1. The number of nitrogens with one attached hydrogen (secondary N) is 1. The molecule has 2 amide bonds. The van der Waals surface area contributed by atoms with Crippen molar-refractivity contribution in [2.45, 2.75) is 12.1 Å². The number of benzene rings is 2. The van der Waals surface area contributed by atoms with E-state index in [-0.39, 0.29) is 11.7 Å². The van der Waals surface area contributed by atoms with Gasteiger partial charge in [-0.25, -0.2) is 4.39 Å². The Balaban J connectivity index is 1.66. The lowest BCUT2D eigenvalue weighted by atomic mass is 9.86. The number of Topliss-reactive ketones (excluding diaryl/α,β-unsaturated/α-hetero) is 1. The third-order valence-corrected chi connectivity index (χ3v) is 5.96. The normalized spacial score (nSPS) is 27.3. The summed E-state index contributed by atoms with van der Waals surface area (Å²) < 4.78 is 13.7. The molecule has 3 aliphatic rings. The van der Waals surface area contributed by atoms with Gasteiger partial charge in [0.1, 0.15) is 11.9 Å². The standard InChI is InChI=1S/C21H14ClFN2O3/c22-12-4-1-10(2-5-12)19(26)18-17-16(20(27)24-21(17)28)15-7-3-11-9-13(23)6-8-14(11)25(15)18/h1-9,15-18H,(H,24,27,28)/t15-,16+,17-,18-/m1/s1. The second-order valence-corrected chi connectivity index (χ2v) is 7.62. The van der Waals surface area contributed by atoms with Crippen LogP contribution in [0.2, 0.25) is 5.02 Å². The fourth-order valence-corrected chi connectivity index (χ4v) is 4.67. The molecular formula is C21H14ClFN2O3. The summed E-state index contributed by atoms with van der Waals surface area (Å²) in [6, 6.07) is 9.40. The highest BCUT2D eigenvalue weighted by Gasteiger charge is 2.61. The Labute approximate surface area is 164 Å². The number of carbonyl (C=O) groups excluding carboxylic acids is 3. The third-order valence-electron chi connectivity index (χ3n) is 5.71. The largest absolute Gasteiger partial charge is 0.352 e. The van der Waals surface area contributed by atoms with Gasteiger partial charge in [0, 0.05) is 21.8 Å². The number of hydrogen-bond donors (Lipinski definition) is 1. The van der Waals surface area contributed by atoms with Crippen molar-refractivity contribution in [3.63, 3.8) is 0 Å². The maximum atomic E-state index is 13.7. The van der Waals surface area contributed by atoms with Crippen molar-refractivity contribution in [1.82, 2.24) is 5.32 Å². The number of hydrogen-bond acceptors (Lipinski definition) is 4. The van der Waals surface area contributed by atoms with Gasteiger partial charge in [-0.15, -0.1) is 0 Å². The fourth-order valence-electron chi connectivity index (χ4n) is 4.55. The van der Waals surface area contributed by atoms with Crippen LogP contribution in [0.5, 0.6) is 0 Å². The zero-order valence-electron chi connectivity index (χ0n) is 14.4. The lowest BCUT2D eigenvalue weighted by Crippen LogP contribution is -2.47. The topological polar surface area (TPSA) is 66.5 Å². The summed E-state index contributed by atoms with van der Waals surface area (Å²) in [5.41, 5.74) is 1.65. The zero-order chi connectivity index (χ0) is 19.6. The number of carbonyl (C=O) groups is 3. The summed E-state index contributed by atoms with van der Waals surface area (Å²) in [5.74, 6) is -2.97. The molecule has 0 unspecified atom stereocenters. The predicted molar refractivity (Wildman–Crippen MR) is 101 cm³/mol. The highest BCUT2D eigenvalue weighted by atomic mass is 35.5. The van der Waals surface area contributed by atoms with Crippen LogP contribution in [0.25, 0.3) is 6.08 Å². The molecule has 0 aliphatic carbocycles. The Morgan fingerprint density at radius 2 is 1.75 bits per heavy atom. The molecule has 2 aromatic rings. The van der Waals surface area contributed by atoms with E-state index in [1.54, 1.807) is 47.4 Å². The molecule has 0 spiro atoms. The first-order valence-corrected chi connectivity index (χ1v) is 9.24. The van der Waals surface area contributed by atoms with E-state index in [1.807, 2.05) is 0 Å². The molecule has 7 heteroatoms. The molecule has 0 saturated carbocycles. The Morgan fingerprint density at radius 3 is 2.50 bits per heavy atom. The van der Waals surface area contributed by atoms with Gasteiger partial charge in [0.05, 0.1) is 17.9 Å². The molecule has 0 radical (unpaired) electrons. The summed E-state index contributed by atoms with van der Waals surface area (Å²) >= 11 is 5.92. The molecule has 2 aromatic carbocycles. The molecule has 2 saturated heterocycles. The molecule has 140 valence electrons. The van der Waals surface area contributed by atoms with Crippen LogP contribution in [0.4, 0.5) is 10.1 Å². The van der Waals surface area contributed by atoms with Gasteiger partial charge < -0.3 is 4.90 Å². The predicted octanol–water partition coefficient (Wildman–Crippen LogP) is 2.83. The van der Waals surface area contributed by atoms with Gasteiger partial charge in [0.2, 0.25) is 11.8 Å². The molecule has 1 N–H and O–H groups in total. The number of anilines is 1. The molecule has 2 fully saturated rings. The third kappa shape index (κ3) is 2.34. The lowest BCUT2D eigenvalue weighted by molar-refractivity contribution is -0.126. The first kappa shape index (κ1) is 17.1. The minimum atomic E-state index is -0.864. The van der Waals surface area contributed by atoms with Crippen LogP contribution in [0.3, 0.4) is 0 Å². The second-order valence-electron chi connectivity index (χ2n) is 7.18. The van der Waals surface area contributed by atoms with Crippen LogP contribution in [-0.4, -0.2) is 29.7 Å². The number of amides is 2. The number of rotatable bonds is 2. The van der Waals surface area contributed by atoms with E-state index < -0.39 is 35.6 Å². The molecule has 3 aliphatic heterocycles. The van der Waals surface area contributed by atoms with Crippen LogP contribution in [0.15, 0.2) is 48.5 Å². The van der Waals surface area contributed by atoms with Crippen molar-refractivity contribution >= 4 is 41.0 Å². The van der Waals surface area contributed by atoms with Gasteiger partial charge in [-0.2, -0.15) is 0 Å². The molecule has 0 bridgehead atoms. The first-order chi connectivity index (χ1) is 13.5.